The van der Waals surface area contributed by atoms with Gasteiger partial charge in [-0.3, -0.25) is 43.5 Å². The van der Waals surface area contributed by atoms with Gasteiger partial charge < -0.3 is 68.8 Å². The van der Waals surface area contributed by atoms with E-state index in [1.165, 1.54) is 37.8 Å². The molecule has 16 N–H and O–H groups in total. The fraction of sp³-hybridized carbons (Fsp3) is 0.730. The van der Waals surface area contributed by atoms with Crippen LogP contribution in [0, 0.1) is 29.1 Å². The first-order valence-electron chi connectivity index (χ1n) is 32.1. The monoisotopic (exact) mass is 1280 g/mol. The quantitative estimate of drug-likeness (QED) is 0.0169. The number of carbonyl (C=O) groups is 8. The number of Topliss-reactive ketones (excluding diaryl/α,β-unsaturated/α-hetero) is 2. The average molecular weight is 1280 g/mol. The fourth-order valence-electron chi connectivity index (χ4n) is 10.2. The molecular formula is C63H110N10O15S. The van der Waals surface area contributed by atoms with Crippen LogP contribution in [-0.2, 0) is 64.4 Å². The van der Waals surface area contributed by atoms with Gasteiger partial charge in [-0.2, -0.15) is 8.42 Å². The van der Waals surface area contributed by atoms with E-state index in [1.807, 2.05) is 13.8 Å². The number of nitrogens with one attached hydrogen (secondary N) is 7. The Morgan fingerprint density at radius 3 is 1.75 bits per heavy atom. The van der Waals surface area contributed by atoms with Crippen LogP contribution < -0.4 is 49.1 Å². The van der Waals surface area contributed by atoms with Crippen molar-refractivity contribution in [2.24, 2.45) is 40.9 Å². The zero-order valence-corrected chi connectivity index (χ0v) is 54.2. The molecule has 0 aliphatic carbocycles. The van der Waals surface area contributed by atoms with Gasteiger partial charge in [0.05, 0.1) is 31.6 Å². The molecule has 0 radical (unpaired) electrons. The van der Waals surface area contributed by atoms with E-state index in [-0.39, 0.29) is 137 Å². The summed E-state index contributed by atoms with van der Waals surface area (Å²) in [5.74, 6) is -6.54. The Kier molecular flexibility index (Phi) is 44.1. The number of hydrogen-bond donors (Lipinski definition) is 13. The first-order chi connectivity index (χ1) is 42.3. The zero-order valence-electron chi connectivity index (χ0n) is 53.4. The van der Waals surface area contributed by atoms with Crippen LogP contribution in [-0.4, -0.2) is 153 Å². The maximum atomic E-state index is 14.3. The lowest BCUT2D eigenvalue weighted by atomic mass is 9.78. The lowest BCUT2D eigenvalue weighted by molar-refractivity contribution is -0.139. The van der Waals surface area contributed by atoms with E-state index in [0.717, 1.165) is 51.4 Å². The number of phenols is 1. The molecule has 0 heterocycles. The molecule has 0 aliphatic heterocycles. The molecule has 0 saturated carbocycles. The minimum absolute atomic E-state index is 0.00515. The number of carbonyl (C=O) groups excluding carboxylic acids is 7. The number of benzene rings is 1. The predicted octanol–water partition coefficient (Wildman–Crippen LogP) is 5.35. The predicted molar refractivity (Wildman–Crippen MR) is 343 cm³/mol. The van der Waals surface area contributed by atoms with E-state index in [4.69, 9.17) is 36.6 Å². The van der Waals surface area contributed by atoms with Crippen molar-refractivity contribution in [3.05, 3.63) is 42.1 Å². The molecule has 1 aromatic rings. The normalized spacial score (nSPS) is 13.5. The Balaban J connectivity index is 2.34. The van der Waals surface area contributed by atoms with Crippen LogP contribution in [0.2, 0.25) is 0 Å². The molecule has 1 aromatic carbocycles. The van der Waals surface area contributed by atoms with Crippen molar-refractivity contribution in [3.8, 4) is 5.75 Å². The molecular weight excluding hydrogens is 1170 g/mol. The third kappa shape index (κ3) is 43.2. The lowest BCUT2D eigenvalue weighted by Crippen LogP contribution is -2.49. The van der Waals surface area contributed by atoms with Crippen molar-refractivity contribution in [1.82, 2.24) is 31.9 Å². The second kappa shape index (κ2) is 48.6. The molecule has 5 amide bonds. The highest BCUT2D eigenvalue weighted by molar-refractivity contribution is 7.85. The number of ketones is 2. The zero-order chi connectivity index (χ0) is 66.4. The van der Waals surface area contributed by atoms with Crippen molar-refractivity contribution >= 4 is 63.1 Å². The number of amides is 5. The molecule has 508 valence electrons. The Labute approximate surface area is 528 Å². The molecule has 26 heteroatoms. The molecule has 0 bridgehead atoms. The topological polar surface area (TPSA) is 424 Å². The van der Waals surface area contributed by atoms with Gasteiger partial charge in [-0.1, -0.05) is 117 Å². The third-order valence-corrected chi connectivity index (χ3v) is 16.0. The number of unbranched alkanes of at least 4 members (excludes halogenated alkanes) is 14. The fourth-order valence-corrected chi connectivity index (χ4v) is 10.7. The Morgan fingerprint density at radius 2 is 1.17 bits per heavy atom. The summed E-state index contributed by atoms with van der Waals surface area (Å²) in [6.07, 6.45) is 17.8. The van der Waals surface area contributed by atoms with Gasteiger partial charge in [-0.25, -0.2) is 4.79 Å². The SMILES string of the molecule is C=C(CCCCCCCCCCCCCCCS(=O)(=O)O)N[C@@H](CCC(=O)NCCOCCOCC(=O)NCCCC[C@H](N)C(=O)NCCCC[C@H](CC(=O)CC(C)C)C(=O)C(C)[C@@H](CCCNC(=N)N)C(=O)N[C@@H](Cc1ccc(O)cc1)C(N)=O)C(=O)O. The molecule has 6 atom stereocenters. The highest BCUT2D eigenvalue weighted by Crippen LogP contribution is 2.28. The first-order valence-corrected chi connectivity index (χ1v) is 33.8. The Bertz CT molecular complexity index is 2380. The van der Waals surface area contributed by atoms with Crippen LogP contribution in [0.3, 0.4) is 0 Å². The van der Waals surface area contributed by atoms with E-state index < -0.39 is 63.8 Å². The third-order valence-electron chi connectivity index (χ3n) is 15.2. The number of aliphatic carboxylic acids is 1. The number of primary amides is 1. The number of hydrogen-bond acceptors (Lipinski definition) is 16. The maximum Gasteiger partial charge on any atom is 0.326 e. The molecule has 89 heavy (non-hydrogen) atoms. The van der Waals surface area contributed by atoms with Gasteiger partial charge in [-0.15, -0.1) is 0 Å². The van der Waals surface area contributed by atoms with Gasteiger partial charge >= 0.3 is 5.97 Å². The molecule has 0 aliphatic rings. The molecule has 25 nitrogen and oxygen atoms in total. The lowest BCUT2D eigenvalue weighted by Gasteiger charge is -2.28. The molecule has 0 aromatic heterocycles. The Hall–Kier alpha value is -6.22. The van der Waals surface area contributed by atoms with Crippen LogP contribution >= 0.6 is 0 Å². The van der Waals surface area contributed by atoms with Gasteiger partial charge in [0.15, 0.2) is 5.96 Å². The summed E-state index contributed by atoms with van der Waals surface area (Å²) in [6.45, 7) is 10.9. The van der Waals surface area contributed by atoms with Gasteiger partial charge in [0, 0.05) is 75.3 Å². The van der Waals surface area contributed by atoms with Crippen LogP contribution in [0.4, 0.5) is 0 Å². The summed E-state index contributed by atoms with van der Waals surface area (Å²) in [5.41, 5.74) is 18.6. The first kappa shape index (κ1) is 80.8. The molecule has 1 unspecified atom stereocenters. The number of rotatable bonds is 57. The number of guanidine groups is 1. The summed E-state index contributed by atoms with van der Waals surface area (Å²) < 4.78 is 41.2. The number of aromatic hydroxyl groups is 1. The summed E-state index contributed by atoms with van der Waals surface area (Å²) in [6, 6.07) is 3.28. The molecule has 1 rings (SSSR count). The van der Waals surface area contributed by atoms with Crippen LogP contribution in [0.15, 0.2) is 36.5 Å². The van der Waals surface area contributed by atoms with Crippen molar-refractivity contribution in [2.45, 2.75) is 212 Å². The standard InChI is InChI=1S/C63H110N10O15S/c1-45(2)41-51(75)43-49(58(78)47(4)52(25-22-35-71-63(66)67)60(80)73-55(59(65)79)42-48-27-29-50(74)30-28-48)24-17-19-34-70-61(81)53(64)26-18-20-33-68-57(77)44-88-39-38-87-37-36-69-56(76)32-31-54(62(82)83)72-46(3)23-16-14-12-10-8-6-5-7-9-11-13-15-21-40-89(84,85)86/h27-30,45,47,49,52-55,72,74H,3,5-26,31-44,64H2,1-2,4H3,(H2,65,79)(H,68,77)(H,69,76)(H,70,81)(H,73,80)(H,82,83)(H4,66,67,71)(H,84,85,86)/t47?,49-,52-,53+,54+,55+/m1/s1. The smallest absolute Gasteiger partial charge is 0.326 e. The largest absolute Gasteiger partial charge is 0.508 e. The second-order valence-electron chi connectivity index (χ2n) is 23.7. The number of carboxylic acids is 1. The highest BCUT2D eigenvalue weighted by atomic mass is 32.2. The summed E-state index contributed by atoms with van der Waals surface area (Å²) in [4.78, 5) is 103. The van der Waals surface area contributed by atoms with E-state index in [2.05, 4.69) is 38.5 Å². The number of phenolic OH excluding ortho intramolecular Hbond substituents is 1. The van der Waals surface area contributed by atoms with Crippen molar-refractivity contribution < 1.29 is 71.0 Å². The van der Waals surface area contributed by atoms with Crippen LogP contribution in [0.5, 0.6) is 5.75 Å². The second-order valence-corrected chi connectivity index (χ2v) is 25.3. The van der Waals surface area contributed by atoms with Gasteiger partial charge in [0.1, 0.15) is 36.0 Å². The number of carboxylic acid groups (broad SMARTS) is 1. The molecule has 0 fully saturated rings. The number of allylic oxidation sites excluding steroid dienone is 1. The summed E-state index contributed by atoms with van der Waals surface area (Å²) >= 11 is 0. The van der Waals surface area contributed by atoms with Crippen molar-refractivity contribution in [3.63, 3.8) is 0 Å². The van der Waals surface area contributed by atoms with Crippen LogP contribution in [0.25, 0.3) is 0 Å². The number of ether oxygens (including phenoxy) is 2. The molecule has 0 saturated heterocycles. The van der Waals surface area contributed by atoms with Crippen molar-refractivity contribution in [2.75, 3.05) is 58.4 Å². The van der Waals surface area contributed by atoms with Gasteiger partial charge in [-0.05, 0) is 94.2 Å². The van der Waals surface area contributed by atoms with Gasteiger partial charge in [0.25, 0.3) is 10.1 Å². The maximum absolute atomic E-state index is 14.3. The minimum Gasteiger partial charge on any atom is -0.508 e. The summed E-state index contributed by atoms with van der Waals surface area (Å²) in [7, 11) is -3.85. The van der Waals surface area contributed by atoms with E-state index in [0.29, 0.717) is 75.6 Å². The van der Waals surface area contributed by atoms with Crippen LogP contribution in [0.1, 0.15) is 193 Å². The average Bonchev–Trinajstić information content (AvgIpc) is 3.52. The number of nitrogens with two attached hydrogens (primary N) is 3. The van der Waals surface area contributed by atoms with Gasteiger partial charge in [0.2, 0.25) is 29.5 Å². The molecule has 0 spiro atoms. The van der Waals surface area contributed by atoms with E-state index >= 15 is 0 Å². The van der Waals surface area contributed by atoms with Crippen molar-refractivity contribution in [1.29, 1.82) is 5.41 Å². The Morgan fingerprint density at radius 1 is 0.607 bits per heavy atom. The minimum atomic E-state index is -3.85. The highest BCUT2D eigenvalue weighted by Gasteiger charge is 2.36. The summed E-state index contributed by atoms with van der Waals surface area (Å²) in [5, 5.41) is 43.6. The van der Waals surface area contributed by atoms with E-state index in [9.17, 15) is 57.0 Å². The van der Waals surface area contributed by atoms with E-state index in [1.54, 1.807) is 19.1 Å².